The van der Waals surface area contributed by atoms with Gasteiger partial charge in [-0.3, -0.25) is 0 Å². The smallest absolute Gasteiger partial charge is 0.0587 e. The van der Waals surface area contributed by atoms with Crippen LogP contribution in [-0.4, -0.2) is 0 Å². The Morgan fingerprint density at radius 3 is 1.25 bits per heavy atom. The molecule has 1 rings (SSSR count). The van der Waals surface area contributed by atoms with E-state index < -0.39 is 0 Å². The third-order valence-corrected chi connectivity index (χ3v) is 2.41. The van der Waals surface area contributed by atoms with Gasteiger partial charge < -0.3 is 0 Å². The normalized spacial score (nSPS) is 34.4. The van der Waals surface area contributed by atoms with Crippen LogP contribution in [0.2, 0.25) is 0 Å². The molecule has 1 heteroatoms. The van der Waals surface area contributed by atoms with Crippen LogP contribution in [0.5, 0.6) is 0 Å². The lowest BCUT2D eigenvalue weighted by atomic mass is 9.78. The van der Waals surface area contributed by atoms with Crippen LogP contribution in [0, 0.1) is 29.1 Å². The van der Waals surface area contributed by atoms with Gasteiger partial charge in [0.15, 0.2) is 0 Å². The molecule has 0 aliphatic heterocycles. The zero-order valence-electron chi connectivity index (χ0n) is 8.80. The number of rotatable bonds is 0. The fourth-order valence-electron chi connectivity index (χ4n) is 2.35. The van der Waals surface area contributed by atoms with E-state index in [2.05, 4.69) is 20.8 Å². The highest BCUT2D eigenvalue weighted by Gasteiger charge is 2.19. The molecule has 1 saturated carbocycles. The van der Waals surface area contributed by atoms with Crippen molar-refractivity contribution in [2.24, 2.45) is 17.8 Å². The van der Waals surface area contributed by atoms with Gasteiger partial charge in [0.05, 0.1) is 6.07 Å². The van der Waals surface area contributed by atoms with Gasteiger partial charge >= 0.3 is 0 Å². The lowest BCUT2D eigenvalue weighted by molar-refractivity contribution is 0.233. The molecule has 0 aromatic carbocycles. The molecule has 0 aromatic heterocycles. The van der Waals surface area contributed by atoms with Crippen molar-refractivity contribution < 1.29 is 0 Å². The number of hydrogen-bond donors (Lipinski definition) is 0. The summed E-state index contributed by atoms with van der Waals surface area (Å²) < 4.78 is 0. The molecule has 70 valence electrons. The number of nitriles is 1. The fraction of sp³-hybridized carbons (Fsp3) is 0.909. The first-order valence-corrected chi connectivity index (χ1v) is 4.91. The topological polar surface area (TPSA) is 23.8 Å². The van der Waals surface area contributed by atoms with Crippen molar-refractivity contribution in [1.29, 1.82) is 5.26 Å². The van der Waals surface area contributed by atoms with Gasteiger partial charge in [0, 0.05) is 6.92 Å². The van der Waals surface area contributed by atoms with Crippen molar-refractivity contribution in [3.63, 3.8) is 0 Å². The molecule has 0 heterocycles. The molecule has 12 heavy (non-hydrogen) atoms. The van der Waals surface area contributed by atoms with Gasteiger partial charge in [-0.05, 0) is 37.0 Å². The first-order chi connectivity index (χ1) is 5.60. The van der Waals surface area contributed by atoms with Crippen LogP contribution in [-0.2, 0) is 0 Å². The summed E-state index contributed by atoms with van der Waals surface area (Å²) >= 11 is 0. The molecule has 0 aromatic rings. The van der Waals surface area contributed by atoms with E-state index in [0.717, 1.165) is 17.8 Å². The summed E-state index contributed by atoms with van der Waals surface area (Å²) in [5, 5.41) is 7.32. The molecule has 1 fully saturated rings. The van der Waals surface area contributed by atoms with Crippen LogP contribution in [0.4, 0.5) is 0 Å². The van der Waals surface area contributed by atoms with E-state index in [9.17, 15) is 0 Å². The maximum atomic E-state index is 7.32. The molecule has 0 radical (unpaired) electrons. The van der Waals surface area contributed by atoms with Crippen LogP contribution in [0.25, 0.3) is 0 Å². The van der Waals surface area contributed by atoms with Gasteiger partial charge in [-0.25, -0.2) is 0 Å². The van der Waals surface area contributed by atoms with Crippen LogP contribution < -0.4 is 0 Å². The largest absolute Gasteiger partial charge is 0.199 e. The SMILES string of the molecule is CC#N.CC1CC(C)CC(C)C1. The minimum absolute atomic E-state index is 0.990. The predicted molar refractivity (Wildman–Crippen MR) is 52.6 cm³/mol. The van der Waals surface area contributed by atoms with Crippen LogP contribution in [0.1, 0.15) is 47.0 Å². The summed E-state index contributed by atoms with van der Waals surface area (Å²) in [6, 6.07) is 1.75. The highest BCUT2D eigenvalue weighted by Crippen LogP contribution is 2.31. The zero-order chi connectivity index (χ0) is 9.56. The third-order valence-electron chi connectivity index (χ3n) is 2.41. The quantitative estimate of drug-likeness (QED) is 0.540. The average Bonchev–Trinajstić information content (AvgIpc) is 1.84. The van der Waals surface area contributed by atoms with Crippen molar-refractivity contribution in [2.45, 2.75) is 47.0 Å². The minimum Gasteiger partial charge on any atom is -0.199 e. The first kappa shape index (κ1) is 11.5. The van der Waals surface area contributed by atoms with Crippen molar-refractivity contribution in [3.8, 4) is 6.07 Å². The molecule has 0 amide bonds. The lowest BCUT2D eigenvalue weighted by Gasteiger charge is -2.28. The maximum Gasteiger partial charge on any atom is 0.0587 e. The molecule has 0 bridgehead atoms. The first-order valence-electron chi connectivity index (χ1n) is 4.91. The van der Waals surface area contributed by atoms with Crippen molar-refractivity contribution in [1.82, 2.24) is 0 Å². The monoisotopic (exact) mass is 167 g/mol. The Hall–Kier alpha value is -0.510. The number of hydrogen-bond acceptors (Lipinski definition) is 1. The van der Waals surface area contributed by atoms with Gasteiger partial charge in [0.25, 0.3) is 0 Å². The Kier molecular flexibility index (Phi) is 5.80. The van der Waals surface area contributed by atoms with Crippen LogP contribution >= 0.6 is 0 Å². The van der Waals surface area contributed by atoms with Crippen LogP contribution in [0.3, 0.4) is 0 Å². The number of nitrogens with zero attached hydrogens (tertiary/aromatic N) is 1. The second-order valence-electron chi connectivity index (χ2n) is 4.25. The zero-order valence-corrected chi connectivity index (χ0v) is 8.80. The summed E-state index contributed by atoms with van der Waals surface area (Å²) in [5.41, 5.74) is 0. The Morgan fingerprint density at radius 1 is 0.917 bits per heavy atom. The molecular weight excluding hydrogens is 146 g/mol. The van der Waals surface area contributed by atoms with Crippen molar-refractivity contribution in [3.05, 3.63) is 0 Å². The molecule has 1 aliphatic rings. The summed E-state index contributed by atoms with van der Waals surface area (Å²) in [7, 11) is 0. The summed E-state index contributed by atoms with van der Waals surface area (Å²) in [4.78, 5) is 0. The van der Waals surface area contributed by atoms with Gasteiger partial charge in [0.2, 0.25) is 0 Å². The Labute approximate surface area is 76.8 Å². The second-order valence-corrected chi connectivity index (χ2v) is 4.25. The van der Waals surface area contributed by atoms with Gasteiger partial charge in [-0.15, -0.1) is 0 Å². The lowest BCUT2D eigenvalue weighted by Crippen LogP contribution is -2.16. The van der Waals surface area contributed by atoms with E-state index >= 15 is 0 Å². The molecule has 0 spiro atoms. The molecular formula is C11H21N. The summed E-state index contributed by atoms with van der Waals surface area (Å²) in [6.07, 6.45) is 4.39. The van der Waals surface area contributed by atoms with E-state index in [1.165, 1.54) is 26.2 Å². The molecule has 0 atom stereocenters. The van der Waals surface area contributed by atoms with E-state index in [1.54, 1.807) is 6.07 Å². The average molecular weight is 167 g/mol. The summed E-state index contributed by atoms with van der Waals surface area (Å²) in [5.74, 6) is 2.97. The highest BCUT2D eigenvalue weighted by atomic mass is 14.3. The minimum atomic E-state index is 0.990. The van der Waals surface area contributed by atoms with Crippen molar-refractivity contribution in [2.75, 3.05) is 0 Å². The van der Waals surface area contributed by atoms with E-state index in [1.807, 2.05) is 0 Å². The van der Waals surface area contributed by atoms with Gasteiger partial charge in [-0.1, -0.05) is 20.8 Å². The fourth-order valence-corrected chi connectivity index (χ4v) is 2.35. The second kappa shape index (κ2) is 6.06. The summed E-state index contributed by atoms with van der Waals surface area (Å²) in [6.45, 7) is 8.57. The Morgan fingerprint density at radius 2 is 1.08 bits per heavy atom. The standard InChI is InChI=1S/C9H18.C2H3N/c1-7-4-8(2)6-9(3)5-7;1-2-3/h7-9H,4-6H2,1-3H3;1H3. The third kappa shape index (κ3) is 5.18. The van der Waals surface area contributed by atoms with E-state index in [4.69, 9.17) is 5.26 Å². The predicted octanol–water partition coefficient (Wildman–Crippen LogP) is 3.61. The van der Waals surface area contributed by atoms with Crippen molar-refractivity contribution >= 4 is 0 Å². The Bertz CT molecular complexity index is 121. The molecule has 0 unspecified atom stereocenters. The van der Waals surface area contributed by atoms with Gasteiger partial charge in [-0.2, -0.15) is 5.26 Å². The molecule has 1 aliphatic carbocycles. The highest BCUT2D eigenvalue weighted by molar-refractivity contribution is 4.71. The molecule has 0 saturated heterocycles. The van der Waals surface area contributed by atoms with E-state index in [-0.39, 0.29) is 0 Å². The maximum absolute atomic E-state index is 7.32. The molecule has 1 nitrogen and oxygen atoms in total. The molecule has 0 N–H and O–H groups in total. The van der Waals surface area contributed by atoms with Crippen LogP contribution in [0.15, 0.2) is 0 Å². The van der Waals surface area contributed by atoms with E-state index in [0.29, 0.717) is 0 Å². The Balaban J connectivity index is 0.000000354. The van der Waals surface area contributed by atoms with Gasteiger partial charge in [0.1, 0.15) is 0 Å².